The lowest BCUT2D eigenvalue weighted by Gasteiger charge is -2.12. The molecule has 4 heteroatoms. The number of hydroxylamine groups is 1. The van der Waals surface area contributed by atoms with Crippen LogP contribution in [0.5, 0.6) is 0 Å². The number of hydrogen-bond acceptors (Lipinski definition) is 2. The summed E-state index contributed by atoms with van der Waals surface area (Å²) in [4.78, 5) is 4.04. The molecule has 0 aliphatic rings. The molecule has 3 rings (SSSR count). The Morgan fingerprint density at radius 1 is 1.00 bits per heavy atom. The molecule has 0 atom stereocenters. The number of benzene rings is 2. The van der Waals surface area contributed by atoms with Gasteiger partial charge in [-0.2, -0.15) is 0 Å². The van der Waals surface area contributed by atoms with Gasteiger partial charge < -0.3 is 9.77 Å². The van der Waals surface area contributed by atoms with E-state index >= 15 is 0 Å². The van der Waals surface area contributed by atoms with Crippen LogP contribution in [0.25, 0.3) is 0 Å². The summed E-state index contributed by atoms with van der Waals surface area (Å²) in [6.07, 6.45) is 5.30. The van der Waals surface area contributed by atoms with Gasteiger partial charge in [0.05, 0.1) is 6.33 Å². The number of aromatic nitrogens is 2. The van der Waals surface area contributed by atoms with E-state index in [1.807, 2.05) is 71.4 Å². The van der Waals surface area contributed by atoms with Gasteiger partial charge in [-0.1, -0.05) is 48.5 Å². The highest BCUT2D eigenvalue weighted by molar-refractivity contribution is 5.96. The average molecular weight is 291 g/mol. The van der Waals surface area contributed by atoms with E-state index in [0.29, 0.717) is 13.1 Å². The molecule has 0 fully saturated rings. The van der Waals surface area contributed by atoms with Crippen LogP contribution in [0.15, 0.2) is 79.4 Å². The maximum atomic E-state index is 12.7. The van der Waals surface area contributed by atoms with Crippen LogP contribution >= 0.6 is 0 Å². The molecule has 3 aromatic rings. The third-order valence-electron chi connectivity index (χ3n) is 3.47. The minimum atomic E-state index is 0.333. The van der Waals surface area contributed by atoms with E-state index in [4.69, 9.17) is 0 Å². The standard InChI is InChI=1S/C18H17N3O/c22-21(13-16-7-3-1-4-8-16)18(14-20-12-11-19-15-20)17-9-5-2-6-10-17/h1-12,15H,13-14H2/b21-18+. The number of hydrogen-bond donors (Lipinski definition) is 0. The number of nitrogens with zero attached hydrogens (tertiary/aromatic N) is 3. The topological polar surface area (TPSA) is 43.9 Å². The first kappa shape index (κ1) is 14.1. The first-order valence-electron chi connectivity index (χ1n) is 7.18. The second-order valence-corrected chi connectivity index (χ2v) is 5.07. The van der Waals surface area contributed by atoms with Crippen LogP contribution in [-0.2, 0) is 13.1 Å². The molecule has 0 bridgehead atoms. The van der Waals surface area contributed by atoms with Gasteiger partial charge in [0.25, 0.3) is 0 Å². The molecule has 4 nitrogen and oxygen atoms in total. The Morgan fingerprint density at radius 2 is 1.68 bits per heavy atom. The normalized spacial score (nSPS) is 12.0. The van der Waals surface area contributed by atoms with Crippen molar-refractivity contribution < 1.29 is 4.74 Å². The lowest BCUT2D eigenvalue weighted by Crippen LogP contribution is -2.22. The number of imidazole rings is 1. The van der Waals surface area contributed by atoms with Crippen molar-refractivity contribution in [3.05, 3.63) is 95.7 Å². The van der Waals surface area contributed by atoms with Crippen molar-refractivity contribution >= 4 is 5.71 Å². The van der Waals surface area contributed by atoms with E-state index in [1.54, 1.807) is 12.5 Å². The summed E-state index contributed by atoms with van der Waals surface area (Å²) < 4.78 is 2.96. The molecule has 1 aromatic heterocycles. The highest BCUT2D eigenvalue weighted by Crippen LogP contribution is 2.07. The summed E-state index contributed by atoms with van der Waals surface area (Å²) in [5.74, 6) is 0. The highest BCUT2D eigenvalue weighted by Gasteiger charge is 2.14. The van der Waals surface area contributed by atoms with Crippen LogP contribution in [0.2, 0.25) is 0 Å². The predicted octanol–water partition coefficient (Wildman–Crippen LogP) is 3.08. The molecular weight excluding hydrogens is 274 g/mol. The van der Waals surface area contributed by atoms with E-state index in [-0.39, 0.29) is 0 Å². The van der Waals surface area contributed by atoms with E-state index in [1.165, 1.54) is 0 Å². The monoisotopic (exact) mass is 291 g/mol. The minimum absolute atomic E-state index is 0.333. The van der Waals surface area contributed by atoms with E-state index in [9.17, 15) is 5.21 Å². The average Bonchev–Trinajstić information content (AvgIpc) is 3.07. The van der Waals surface area contributed by atoms with Crippen LogP contribution in [-0.4, -0.2) is 20.0 Å². The molecule has 0 radical (unpaired) electrons. The Kier molecular flexibility index (Phi) is 4.30. The molecule has 0 saturated carbocycles. The van der Waals surface area contributed by atoms with Crippen LogP contribution in [0.4, 0.5) is 0 Å². The predicted molar refractivity (Wildman–Crippen MR) is 86.6 cm³/mol. The van der Waals surface area contributed by atoms with E-state index in [0.717, 1.165) is 21.6 Å². The molecule has 0 amide bonds. The van der Waals surface area contributed by atoms with Crippen LogP contribution in [0.1, 0.15) is 11.1 Å². The molecule has 0 saturated heterocycles. The van der Waals surface area contributed by atoms with Gasteiger partial charge in [-0.15, -0.1) is 0 Å². The smallest absolute Gasteiger partial charge is 0.214 e. The molecule has 1 heterocycles. The number of rotatable bonds is 5. The minimum Gasteiger partial charge on any atom is -0.623 e. The van der Waals surface area contributed by atoms with Crippen molar-refractivity contribution in [3.8, 4) is 0 Å². The van der Waals surface area contributed by atoms with Crippen molar-refractivity contribution in [2.75, 3.05) is 0 Å². The zero-order valence-corrected chi connectivity index (χ0v) is 12.2. The maximum absolute atomic E-state index is 12.7. The fraction of sp³-hybridized carbons (Fsp3) is 0.111. The van der Waals surface area contributed by atoms with Gasteiger partial charge in [0.15, 0.2) is 6.54 Å². The Morgan fingerprint density at radius 3 is 2.32 bits per heavy atom. The molecule has 0 spiro atoms. The summed E-state index contributed by atoms with van der Waals surface area (Å²) in [6, 6.07) is 19.5. The molecular formula is C18H17N3O. The Hall–Kier alpha value is -2.88. The molecule has 22 heavy (non-hydrogen) atoms. The second-order valence-electron chi connectivity index (χ2n) is 5.07. The fourth-order valence-corrected chi connectivity index (χ4v) is 2.34. The summed E-state index contributed by atoms with van der Waals surface area (Å²) >= 11 is 0. The van der Waals surface area contributed by atoms with Crippen molar-refractivity contribution in [3.63, 3.8) is 0 Å². The largest absolute Gasteiger partial charge is 0.623 e. The van der Waals surface area contributed by atoms with Gasteiger partial charge in [0.2, 0.25) is 5.71 Å². The molecule has 0 aliphatic heterocycles. The van der Waals surface area contributed by atoms with Gasteiger partial charge in [0, 0.05) is 23.5 Å². The van der Waals surface area contributed by atoms with Crippen LogP contribution < -0.4 is 0 Å². The zero-order valence-electron chi connectivity index (χ0n) is 12.2. The molecule has 110 valence electrons. The summed E-state index contributed by atoms with van der Waals surface area (Å²) in [5.41, 5.74) is 2.65. The lowest BCUT2D eigenvalue weighted by molar-refractivity contribution is -0.475. The molecule has 2 aromatic carbocycles. The SMILES string of the molecule is [O-]/[N+](Cc1ccccc1)=C(\Cn1ccnc1)c1ccccc1. The van der Waals surface area contributed by atoms with E-state index < -0.39 is 0 Å². The summed E-state index contributed by atoms with van der Waals surface area (Å²) in [7, 11) is 0. The van der Waals surface area contributed by atoms with Crippen molar-refractivity contribution in [1.29, 1.82) is 0 Å². The lowest BCUT2D eigenvalue weighted by atomic mass is 10.1. The van der Waals surface area contributed by atoms with E-state index in [2.05, 4.69) is 4.98 Å². The van der Waals surface area contributed by atoms with Gasteiger partial charge in [-0.05, 0) is 12.1 Å². The fourth-order valence-electron chi connectivity index (χ4n) is 2.34. The third-order valence-corrected chi connectivity index (χ3v) is 3.47. The maximum Gasteiger partial charge on any atom is 0.214 e. The Bertz CT molecular complexity index is 735. The molecule has 0 N–H and O–H groups in total. The highest BCUT2D eigenvalue weighted by atomic mass is 16.5. The van der Waals surface area contributed by atoms with Crippen molar-refractivity contribution in [1.82, 2.24) is 9.55 Å². The zero-order chi connectivity index (χ0) is 15.2. The summed E-state index contributed by atoms with van der Waals surface area (Å²) in [5, 5.41) is 12.7. The first-order chi connectivity index (χ1) is 10.8. The first-order valence-corrected chi connectivity index (χ1v) is 7.18. The van der Waals surface area contributed by atoms with Gasteiger partial charge in [0.1, 0.15) is 6.54 Å². The van der Waals surface area contributed by atoms with Gasteiger partial charge >= 0.3 is 0 Å². The Labute approximate surface area is 129 Å². The molecule has 0 unspecified atom stereocenters. The van der Waals surface area contributed by atoms with Crippen molar-refractivity contribution in [2.45, 2.75) is 13.1 Å². The van der Waals surface area contributed by atoms with Crippen LogP contribution in [0, 0.1) is 5.21 Å². The third kappa shape index (κ3) is 3.41. The van der Waals surface area contributed by atoms with Gasteiger partial charge in [-0.25, -0.2) is 9.72 Å². The molecule has 0 aliphatic carbocycles. The quantitative estimate of drug-likeness (QED) is 0.314. The Balaban J connectivity index is 1.94. The van der Waals surface area contributed by atoms with Crippen molar-refractivity contribution in [2.24, 2.45) is 0 Å². The second kappa shape index (κ2) is 6.72. The summed E-state index contributed by atoms with van der Waals surface area (Å²) in [6.45, 7) is 0.833. The van der Waals surface area contributed by atoms with Crippen LogP contribution in [0.3, 0.4) is 0 Å². The van der Waals surface area contributed by atoms with Gasteiger partial charge in [-0.3, -0.25) is 0 Å².